The van der Waals surface area contributed by atoms with E-state index >= 15 is 0 Å². The van der Waals surface area contributed by atoms with Crippen molar-refractivity contribution in [1.82, 2.24) is 9.88 Å². The van der Waals surface area contributed by atoms with E-state index in [-0.39, 0.29) is 6.42 Å². The van der Waals surface area contributed by atoms with E-state index < -0.39 is 12.1 Å². The number of ether oxygens (including phenoxy) is 1. The standard InChI is InChI=1S/C27H34N2O5S/c1-33-21-6-7-24-23(17-21)22(10-12-28-24)25(30)8-4-19-11-13-29(18-20(19)5-9-26(31)32)14-16-35-27-3-2-15-34-27/h2-3,6-7,10,12,15,17,19-20,25,30H,4-5,8-9,11,13-14,16,18H2,1H3,(H,31,32)/t19-,20-,25-/m1/s1. The number of hydrogen-bond acceptors (Lipinski definition) is 7. The monoisotopic (exact) mass is 498 g/mol. The van der Waals surface area contributed by atoms with Gasteiger partial charge in [0.1, 0.15) is 5.75 Å². The number of methoxy groups -OCH3 is 1. The second-order valence-electron chi connectivity index (χ2n) is 9.20. The van der Waals surface area contributed by atoms with Crippen LogP contribution in [0.1, 0.15) is 43.8 Å². The van der Waals surface area contributed by atoms with Gasteiger partial charge in [-0.15, -0.1) is 0 Å². The van der Waals surface area contributed by atoms with Crippen LogP contribution in [0.2, 0.25) is 0 Å². The predicted molar refractivity (Wildman–Crippen MR) is 137 cm³/mol. The minimum Gasteiger partial charge on any atom is -0.497 e. The Morgan fingerprint density at radius 1 is 1.29 bits per heavy atom. The summed E-state index contributed by atoms with van der Waals surface area (Å²) in [6, 6.07) is 11.5. The molecule has 3 atom stereocenters. The summed E-state index contributed by atoms with van der Waals surface area (Å²) in [4.78, 5) is 18.1. The molecule has 2 aromatic heterocycles. The maximum atomic E-state index is 11.3. The number of carboxylic acid groups (broad SMARTS) is 1. The first-order chi connectivity index (χ1) is 17.0. The average molecular weight is 499 g/mol. The van der Waals surface area contributed by atoms with Crippen molar-refractivity contribution in [2.45, 2.75) is 43.3 Å². The lowest BCUT2D eigenvalue weighted by molar-refractivity contribution is -0.137. The fraction of sp³-hybridized carbons (Fsp3) is 0.481. The smallest absolute Gasteiger partial charge is 0.303 e. The van der Waals surface area contributed by atoms with Gasteiger partial charge in [0.15, 0.2) is 5.09 Å². The van der Waals surface area contributed by atoms with Crippen LogP contribution in [-0.4, -0.2) is 58.6 Å². The number of likely N-dealkylation sites (tertiary alicyclic amines) is 1. The number of aliphatic carboxylic acids is 1. The molecule has 7 nitrogen and oxygen atoms in total. The normalized spacial score (nSPS) is 19.6. The van der Waals surface area contributed by atoms with Crippen molar-refractivity contribution >= 4 is 28.6 Å². The van der Waals surface area contributed by atoms with Crippen molar-refractivity contribution in [2.75, 3.05) is 32.5 Å². The molecule has 0 aliphatic carbocycles. The summed E-state index contributed by atoms with van der Waals surface area (Å²) in [6.07, 6.45) is 6.22. The van der Waals surface area contributed by atoms with Crippen LogP contribution in [0.4, 0.5) is 0 Å². The first kappa shape index (κ1) is 25.5. The third kappa shape index (κ3) is 6.99. The average Bonchev–Trinajstić information content (AvgIpc) is 3.39. The lowest BCUT2D eigenvalue weighted by Gasteiger charge is -2.39. The van der Waals surface area contributed by atoms with Gasteiger partial charge in [-0.05, 0) is 86.0 Å². The van der Waals surface area contributed by atoms with Gasteiger partial charge >= 0.3 is 5.97 Å². The number of aliphatic hydroxyl groups excluding tert-OH is 1. The highest BCUT2D eigenvalue weighted by Gasteiger charge is 2.30. The number of rotatable bonds is 12. The summed E-state index contributed by atoms with van der Waals surface area (Å²) < 4.78 is 10.8. The fourth-order valence-electron chi connectivity index (χ4n) is 5.09. The number of piperidine rings is 1. The quantitative estimate of drug-likeness (QED) is 0.327. The first-order valence-electron chi connectivity index (χ1n) is 12.2. The molecule has 0 radical (unpaired) electrons. The summed E-state index contributed by atoms with van der Waals surface area (Å²) in [5.74, 6) is 1.66. The van der Waals surface area contributed by atoms with Gasteiger partial charge in [0.25, 0.3) is 0 Å². The van der Waals surface area contributed by atoms with E-state index in [2.05, 4.69) is 9.88 Å². The molecule has 1 aliphatic rings. The van der Waals surface area contributed by atoms with Crippen LogP contribution >= 0.6 is 11.8 Å². The molecule has 3 heterocycles. The lowest BCUT2D eigenvalue weighted by atomic mass is 9.79. The number of thioether (sulfide) groups is 1. The van der Waals surface area contributed by atoms with Gasteiger partial charge in [-0.2, -0.15) is 0 Å². The first-order valence-corrected chi connectivity index (χ1v) is 13.2. The zero-order valence-electron chi connectivity index (χ0n) is 20.1. The largest absolute Gasteiger partial charge is 0.497 e. The number of benzene rings is 1. The molecule has 0 unspecified atom stereocenters. The molecule has 8 heteroatoms. The molecule has 0 amide bonds. The second-order valence-corrected chi connectivity index (χ2v) is 10.3. The summed E-state index contributed by atoms with van der Waals surface area (Å²) >= 11 is 1.71. The van der Waals surface area contributed by atoms with E-state index in [0.29, 0.717) is 24.7 Å². The Labute approximate surface area is 210 Å². The number of hydrogen-bond donors (Lipinski definition) is 2. The Kier molecular flexibility index (Phi) is 9.06. The van der Waals surface area contributed by atoms with Crippen LogP contribution in [0.25, 0.3) is 10.9 Å². The van der Waals surface area contributed by atoms with E-state index in [4.69, 9.17) is 9.15 Å². The molecule has 35 heavy (non-hydrogen) atoms. The van der Waals surface area contributed by atoms with Gasteiger partial charge in [-0.25, -0.2) is 0 Å². The van der Waals surface area contributed by atoms with Crippen molar-refractivity contribution in [3.05, 3.63) is 54.4 Å². The van der Waals surface area contributed by atoms with E-state index in [1.165, 1.54) is 0 Å². The Morgan fingerprint density at radius 2 is 2.17 bits per heavy atom. The third-order valence-electron chi connectivity index (χ3n) is 7.00. The summed E-state index contributed by atoms with van der Waals surface area (Å²) in [5.41, 5.74) is 1.70. The number of aliphatic hydroxyl groups is 1. The fourth-order valence-corrected chi connectivity index (χ4v) is 5.94. The van der Waals surface area contributed by atoms with Crippen molar-refractivity contribution in [3.8, 4) is 5.75 Å². The third-order valence-corrected chi connectivity index (χ3v) is 7.91. The van der Waals surface area contributed by atoms with Crippen LogP contribution in [0.3, 0.4) is 0 Å². The zero-order chi connectivity index (χ0) is 24.6. The van der Waals surface area contributed by atoms with Gasteiger partial charge < -0.3 is 24.3 Å². The number of pyridine rings is 1. The number of furan rings is 1. The van der Waals surface area contributed by atoms with Crippen molar-refractivity contribution in [1.29, 1.82) is 0 Å². The molecule has 1 saturated heterocycles. The number of carboxylic acids is 1. The van der Waals surface area contributed by atoms with Crippen LogP contribution in [-0.2, 0) is 4.79 Å². The molecule has 1 aromatic carbocycles. The summed E-state index contributed by atoms with van der Waals surface area (Å²) in [6.45, 7) is 2.86. The molecule has 1 aliphatic heterocycles. The van der Waals surface area contributed by atoms with Crippen LogP contribution < -0.4 is 4.74 Å². The molecule has 0 bridgehead atoms. The predicted octanol–water partition coefficient (Wildman–Crippen LogP) is 5.25. The van der Waals surface area contributed by atoms with E-state index in [1.54, 1.807) is 31.3 Å². The highest BCUT2D eigenvalue weighted by molar-refractivity contribution is 7.99. The molecule has 4 rings (SSSR count). The highest BCUT2D eigenvalue weighted by Crippen LogP contribution is 2.35. The van der Waals surface area contributed by atoms with Gasteiger partial charge in [0.05, 0.1) is 25.0 Å². The molecule has 3 aromatic rings. The lowest BCUT2D eigenvalue weighted by Crippen LogP contribution is -2.41. The second kappa shape index (κ2) is 12.4. The molecular formula is C27H34N2O5S. The van der Waals surface area contributed by atoms with Crippen molar-refractivity contribution in [3.63, 3.8) is 0 Å². The maximum absolute atomic E-state index is 11.3. The number of carbonyl (C=O) groups is 1. The van der Waals surface area contributed by atoms with Crippen LogP contribution in [0.5, 0.6) is 5.75 Å². The van der Waals surface area contributed by atoms with Gasteiger partial charge in [-0.1, -0.05) is 11.8 Å². The molecule has 188 valence electrons. The Bertz CT molecular complexity index is 1090. The van der Waals surface area contributed by atoms with Gasteiger partial charge in [0, 0.05) is 36.8 Å². The molecule has 0 saturated carbocycles. The molecular weight excluding hydrogens is 464 g/mol. The molecule has 1 fully saturated rings. The number of nitrogens with zero attached hydrogens (tertiary/aromatic N) is 2. The number of aromatic nitrogens is 1. The molecule has 0 spiro atoms. The highest BCUT2D eigenvalue weighted by atomic mass is 32.2. The number of fused-ring (bicyclic) bond motifs is 1. The topological polar surface area (TPSA) is 96.0 Å². The van der Waals surface area contributed by atoms with Crippen molar-refractivity contribution < 1.29 is 24.2 Å². The van der Waals surface area contributed by atoms with E-state index in [9.17, 15) is 15.0 Å². The minimum absolute atomic E-state index is 0.188. The van der Waals surface area contributed by atoms with Crippen LogP contribution in [0, 0.1) is 11.8 Å². The summed E-state index contributed by atoms with van der Waals surface area (Å²) in [7, 11) is 1.63. The van der Waals surface area contributed by atoms with Gasteiger partial charge in [0.2, 0.25) is 0 Å². The maximum Gasteiger partial charge on any atom is 0.303 e. The SMILES string of the molecule is COc1ccc2nccc([C@H](O)CC[C@@H]3CCN(CCSc4ccco4)C[C@H]3CCC(=O)O)c2c1. The summed E-state index contributed by atoms with van der Waals surface area (Å²) in [5, 5.41) is 22.2. The van der Waals surface area contributed by atoms with Gasteiger partial charge in [-0.3, -0.25) is 9.78 Å². The van der Waals surface area contributed by atoms with Crippen molar-refractivity contribution in [2.24, 2.45) is 11.8 Å². The Balaban J connectivity index is 1.36. The van der Waals surface area contributed by atoms with Crippen LogP contribution in [0.15, 0.2) is 58.4 Å². The Morgan fingerprint density at radius 3 is 2.94 bits per heavy atom. The zero-order valence-corrected chi connectivity index (χ0v) is 21.0. The van der Waals surface area contributed by atoms with E-state index in [0.717, 1.165) is 65.5 Å². The Hall–Kier alpha value is -2.55. The van der Waals surface area contributed by atoms with E-state index in [1.807, 2.05) is 36.4 Å². The minimum atomic E-state index is -0.744. The molecule has 2 N–H and O–H groups in total.